The van der Waals surface area contributed by atoms with Gasteiger partial charge in [-0.05, 0) is 24.3 Å². The van der Waals surface area contributed by atoms with Crippen molar-refractivity contribution in [2.24, 2.45) is 0 Å². The number of pyridine rings is 2. The van der Waals surface area contributed by atoms with Gasteiger partial charge in [0.25, 0.3) is 0 Å². The molecule has 2 aromatic rings. The van der Waals surface area contributed by atoms with Gasteiger partial charge in [-0.25, -0.2) is 0 Å². The van der Waals surface area contributed by atoms with E-state index in [-0.39, 0.29) is 0 Å². The zero-order valence-corrected chi connectivity index (χ0v) is 9.14. The van der Waals surface area contributed by atoms with Crippen molar-refractivity contribution >= 4 is 18.8 Å². The molecule has 0 bridgehead atoms. The van der Waals surface area contributed by atoms with E-state index in [2.05, 4.69) is 16.5 Å². The van der Waals surface area contributed by atoms with Gasteiger partial charge < -0.3 is 0 Å². The first kappa shape index (κ1) is 10.0. The van der Waals surface area contributed by atoms with Crippen LogP contribution in [0.4, 0.5) is 0 Å². The second kappa shape index (κ2) is 4.81. The predicted octanol–water partition coefficient (Wildman–Crippen LogP) is 2.05. The molecule has 2 nitrogen and oxygen atoms in total. The Kier molecular flexibility index (Phi) is 3.21. The molecule has 74 valence electrons. The summed E-state index contributed by atoms with van der Waals surface area (Å²) in [5.41, 5.74) is 2.09. The topological polar surface area (TPSA) is 25.8 Å². The lowest BCUT2D eigenvalue weighted by atomic mass is 10.5. The number of nitrogens with zero attached hydrogens (tertiary/aromatic N) is 2. The summed E-state index contributed by atoms with van der Waals surface area (Å²) in [6.45, 7) is 3.86. The van der Waals surface area contributed by atoms with Crippen LogP contribution in [0.5, 0.6) is 0 Å². The maximum absolute atomic E-state index is 4.34. The monoisotopic (exact) mass is 214 g/mol. The largest absolute Gasteiger partial charge is 0.256 e. The van der Waals surface area contributed by atoms with E-state index in [0.29, 0.717) is 0 Å². The Labute approximate surface area is 90.5 Å². The quantitative estimate of drug-likeness (QED) is 0.731. The average Bonchev–Trinajstić information content (AvgIpc) is 2.33. The maximum atomic E-state index is 4.34. The molecule has 0 aliphatic carbocycles. The maximum Gasteiger partial charge on any atom is 0.0731 e. The van der Waals surface area contributed by atoms with Crippen LogP contribution < -0.4 is 10.9 Å². The second-order valence-corrected chi connectivity index (χ2v) is 4.95. The molecular weight excluding hydrogens is 203 g/mol. The number of hydrogen-bond acceptors (Lipinski definition) is 2. The third kappa shape index (κ3) is 2.28. The normalized spacial score (nSPS) is 10.2. The second-order valence-electron chi connectivity index (χ2n) is 2.93. The van der Waals surface area contributed by atoms with Crippen molar-refractivity contribution in [1.29, 1.82) is 0 Å². The molecule has 0 unspecified atom stereocenters. The van der Waals surface area contributed by atoms with Crippen molar-refractivity contribution in [1.82, 2.24) is 9.97 Å². The van der Waals surface area contributed by atoms with E-state index in [9.17, 15) is 0 Å². The molecule has 0 saturated carbocycles. The highest BCUT2D eigenvalue weighted by Gasteiger charge is 2.11. The van der Waals surface area contributed by atoms with Crippen molar-refractivity contribution in [2.45, 2.75) is 0 Å². The molecule has 0 aliphatic heterocycles. The number of aromatic nitrogens is 2. The molecule has 0 fully saturated rings. The van der Waals surface area contributed by atoms with E-state index < -0.39 is 7.92 Å². The van der Waals surface area contributed by atoms with Crippen LogP contribution in [0.2, 0.25) is 0 Å². The van der Waals surface area contributed by atoms with Gasteiger partial charge in [0.05, 0.1) is 10.9 Å². The molecule has 0 spiro atoms. The molecule has 3 heteroatoms. The lowest BCUT2D eigenvalue weighted by Crippen LogP contribution is -2.15. The van der Waals surface area contributed by atoms with Gasteiger partial charge in [-0.2, -0.15) is 0 Å². The molecule has 0 radical (unpaired) electrons. The summed E-state index contributed by atoms with van der Waals surface area (Å²) in [5.74, 6) is 1.93. The standard InChI is InChI=1S/C12H11N2P/c1-2-15(11-7-3-5-9-13-11)12-8-4-6-10-14-12/h2-10H,1H2. The van der Waals surface area contributed by atoms with Crippen molar-refractivity contribution in [3.63, 3.8) is 0 Å². The summed E-state index contributed by atoms with van der Waals surface area (Å²) in [7, 11) is -0.607. The highest BCUT2D eigenvalue weighted by molar-refractivity contribution is 7.75. The van der Waals surface area contributed by atoms with Gasteiger partial charge in [-0.15, -0.1) is 0 Å². The van der Waals surface area contributed by atoms with Crippen molar-refractivity contribution < 1.29 is 0 Å². The van der Waals surface area contributed by atoms with E-state index in [4.69, 9.17) is 0 Å². The van der Waals surface area contributed by atoms with E-state index in [1.807, 2.05) is 42.2 Å². The van der Waals surface area contributed by atoms with Crippen molar-refractivity contribution in [2.75, 3.05) is 0 Å². The summed E-state index contributed by atoms with van der Waals surface area (Å²) < 4.78 is 0. The van der Waals surface area contributed by atoms with Crippen LogP contribution in [0, 0.1) is 0 Å². The first-order chi connectivity index (χ1) is 7.42. The van der Waals surface area contributed by atoms with Gasteiger partial charge in [0, 0.05) is 20.3 Å². The fourth-order valence-electron chi connectivity index (χ4n) is 1.30. The zero-order chi connectivity index (χ0) is 10.5. The lowest BCUT2D eigenvalue weighted by Gasteiger charge is -2.10. The lowest BCUT2D eigenvalue weighted by molar-refractivity contribution is 1.37. The van der Waals surface area contributed by atoms with Crippen LogP contribution >= 0.6 is 7.92 Å². The molecule has 0 aliphatic rings. The Morgan fingerprint density at radius 2 is 1.47 bits per heavy atom. The van der Waals surface area contributed by atoms with Crippen LogP contribution in [0.3, 0.4) is 0 Å². The Morgan fingerprint density at radius 3 is 1.80 bits per heavy atom. The minimum Gasteiger partial charge on any atom is -0.256 e. The Morgan fingerprint density at radius 1 is 0.933 bits per heavy atom. The molecule has 0 amide bonds. The summed E-state index contributed by atoms with van der Waals surface area (Å²) >= 11 is 0. The molecular formula is C12H11N2P. The van der Waals surface area contributed by atoms with Crippen LogP contribution in [-0.4, -0.2) is 9.97 Å². The molecule has 0 atom stereocenters. The first-order valence-electron chi connectivity index (χ1n) is 4.65. The third-order valence-corrected chi connectivity index (χ3v) is 3.86. The molecule has 0 N–H and O–H groups in total. The van der Waals surface area contributed by atoms with E-state index in [0.717, 1.165) is 10.9 Å². The van der Waals surface area contributed by atoms with Gasteiger partial charge in [-0.1, -0.05) is 24.5 Å². The average molecular weight is 214 g/mol. The van der Waals surface area contributed by atoms with E-state index >= 15 is 0 Å². The van der Waals surface area contributed by atoms with Gasteiger partial charge >= 0.3 is 0 Å². The fraction of sp³-hybridized carbons (Fsp3) is 0. The summed E-state index contributed by atoms with van der Waals surface area (Å²) in [4.78, 5) is 8.69. The van der Waals surface area contributed by atoms with Crippen LogP contribution in [0.1, 0.15) is 0 Å². The predicted molar refractivity (Wildman–Crippen MR) is 64.9 cm³/mol. The first-order valence-corrected chi connectivity index (χ1v) is 6.07. The fourth-order valence-corrected chi connectivity index (χ4v) is 2.78. The zero-order valence-electron chi connectivity index (χ0n) is 8.24. The number of rotatable bonds is 3. The van der Waals surface area contributed by atoms with Crippen molar-refractivity contribution in [3.05, 3.63) is 61.2 Å². The smallest absolute Gasteiger partial charge is 0.0731 e. The number of hydrogen-bond donors (Lipinski definition) is 0. The molecule has 2 rings (SSSR count). The van der Waals surface area contributed by atoms with Crippen LogP contribution in [0.15, 0.2) is 61.2 Å². The highest BCUT2D eigenvalue weighted by atomic mass is 31.1. The molecule has 15 heavy (non-hydrogen) atoms. The van der Waals surface area contributed by atoms with Gasteiger partial charge in [0.1, 0.15) is 0 Å². The molecule has 2 aromatic heterocycles. The molecule has 2 heterocycles. The summed E-state index contributed by atoms with van der Waals surface area (Å²) in [5, 5.41) is 0. The van der Waals surface area contributed by atoms with Crippen LogP contribution in [0.25, 0.3) is 0 Å². The summed E-state index contributed by atoms with van der Waals surface area (Å²) in [6, 6.07) is 11.8. The van der Waals surface area contributed by atoms with Gasteiger partial charge in [0.2, 0.25) is 0 Å². The van der Waals surface area contributed by atoms with E-state index in [1.54, 1.807) is 12.4 Å². The Balaban J connectivity index is 2.38. The van der Waals surface area contributed by atoms with Crippen molar-refractivity contribution in [3.8, 4) is 0 Å². The van der Waals surface area contributed by atoms with Gasteiger partial charge in [-0.3, -0.25) is 9.97 Å². The molecule has 0 saturated heterocycles. The van der Waals surface area contributed by atoms with E-state index in [1.165, 1.54) is 0 Å². The highest BCUT2D eigenvalue weighted by Crippen LogP contribution is 2.31. The Hall–Kier alpha value is -1.53. The minimum absolute atomic E-state index is 0.607. The summed E-state index contributed by atoms with van der Waals surface area (Å²) in [6.07, 6.45) is 3.61. The van der Waals surface area contributed by atoms with Gasteiger partial charge in [0.15, 0.2) is 0 Å². The minimum atomic E-state index is -0.607. The Bertz CT molecular complexity index is 388. The SMILES string of the molecule is C=CP(c1ccccn1)c1ccccn1. The van der Waals surface area contributed by atoms with Crippen LogP contribution in [-0.2, 0) is 0 Å². The third-order valence-electron chi connectivity index (χ3n) is 1.97. The molecule has 0 aromatic carbocycles.